The molecule has 10 heteroatoms. The molecule has 0 radical (unpaired) electrons. The minimum Gasteiger partial charge on any atom is -0.467 e. The number of esters is 1. The molecule has 0 fully saturated rings. The van der Waals surface area contributed by atoms with E-state index in [0.29, 0.717) is 0 Å². The summed E-state index contributed by atoms with van der Waals surface area (Å²) in [5, 5.41) is 0. The first-order valence-corrected chi connectivity index (χ1v) is 7.28. The fraction of sp³-hybridized carbons (Fsp3) is 0.417. The second-order valence-electron chi connectivity index (χ2n) is 3.94. The number of alkyl halides is 3. The van der Waals surface area contributed by atoms with Gasteiger partial charge in [-0.15, -0.1) is 0 Å². The molecule has 1 aromatic rings. The van der Waals surface area contributed by atoms with Crippen molar-refractivity contribution in [3.05, 3.63) is 35.4 Å². The third-order valence-corrected chi connectivity index (χ3v) is 4.00. The Morgan fingerprint density at radius 2 is 1.59 bits per heavy atom. The lowest BCUT2D eigenvalue weighted by Gasteiger charge is -2.20. The van der Waals surface area contributed by atoms with Crippen molar-refractivity contribution in [3.8, 4) is 0 Å². The number of ether oxygens (including phenoxy) is 1. The van der Waals surface area contributed by atoms with E-state index in [0.717, 1.165) is 45.6 Å². The molecule has 0 N–H and O–H groups in total. The van der Waals surface area contributed by atoms with Crippen LogP contribution in [0.3, 0.4) is 0 Å². The fourth-order valence-electron chi connectivity index (χ4n) is 1.48. The van der Waals surface area contributed by atoms with Crippen molar-refractivity contribution in [2.75, 3.05) is 21.3 Å². The SMILES string of the molecule is COC(=O)C(OP(=O)(OC)OC)c1ccc(C(F)(F)F)cc1. The molecule has 0 saturated heterocycles. The number of benzene rings is 1. The highest BCUT2D eigenvalue weighted by atomic mass is 31.2. The van der Waals surface area contributed by atoms with Gasteiger partial charge in [-0.3, -0.25) is 13.6 Å². The van der Waals surface area contributed by atoms with Crippen LogP contribution in [0.2, 0.25) is 0 Å². The van der Waals surface area contributed by atoms with Gasteiger partial charge < -0.3 is 4.74 Å². The zero-order valence-corrected chi connectivity index (χ0v) is 12.8. The number of hydrogen-bond acceptors (Lipinski definition) is 6. The van der Waals surface area contributed by atoms with Gasteiger partial charge in [0.05, 0.1) is 12.7 Å². The van der Waals surface area contributed by atoms with Gasteiger partial charge in [-0.05, 0) is 17.7 Å². The van der Waals surface area contributed by atoms with E-state index >= 15 is 0 Å². The van der Waals surface area contributed by atoms with E-state index < -0.39 is 31.6 Å². The minimum atomic E-state index is -4.52. The van der Waals surface area contributed by atoms with Crippen molar-refractivity contribution in [2.24, 2.45) is 0 Å². The molecule has 0 bridgehead atoms. The number of phosphoric acid groups is 1. The summed E-state index contributed by atoms with van der Waals surface area (Å²) in [6.45, 7) is 0. The van der Waals surface area contributed by atoms with Gasteiger partial charge in [-0.25, -0.2) is 9.36 Å². The summed E-state index contributed by atoms with van der Waals surface area (Å²) in [6.07, 6.45) is -6.08. The van der Waals surface area contributed by atoms with Crippen LogP contribution in [0.1, 0.15) is 17.2 Å². The molecule has 0 amide bonds. The highest BCUT2D eigenvalue weighted by Crippen LogP contribution is 2.51. The van der Waals surface area contributed by atoms with Crippen LogP contribution in [-0.4, -0.2) is 27.3 Å². The Balaban J connectivity index is 3.13. The number of phosphoric ester groups is 1. The molecule has 22 heavy (non-hydrogen) atoms. The van der Waals surface area contributed by atoms with E-state index in [1.807, 2.05) is 0 Å². The van der Waals surface area contributed by atoms with E-state index in [-0.39, 0.29) is 5.56 Å². The second kappa shape index (κ2) is 7.23. The van der Waals surface area contributed by atoms with Crippen LogP contribution < -0.4 is 0 Å². The van der Waals surface area contributed by atoms with Gasteiger partial charge in [-0.2, -0.15) is 13.2 Å². The lowest BCUT2D eigenvalue weighted by Crippen LogP contribution is -2.17. The fourth-order valence-corrected chi connectivity index (χ4v) is 2.27. The summed E-state index contributed by atoms with van der Waals surface area (Å²) >= 11 is 0. The van der Waals surface area contributed by atoms with Crippen molar-refractivity contribution >= 4 is 13.8 Å². The molecule has 0 aromatic heterocycles. The average molecular weight is 342 g/mol. The molecule has 1 unspecified atom stereocenters. The first kappa shape index (κ1) is 18.6. The molecule has 1 aromatic carbocycles. The Hall–Kier alpha value is -1.41. The summed E-state index contributed by atoms with van der Waals surface area (Å²) in [7, 11) is -0.922. The molecule has 1 rings (SSSR count). The number of hydrogen-bond donors (Lipinski definition) is 0. The number of halogens is 3. The predicted molar refractivity (Wildman–Crippen MR) is 68.9 cm³/mol. The van der Waals surface area contributed by atoms with Crippen LogP contribution in [0, 0.1) is 0 Å². The standard InChI is InChI=1S/C12H14F3O6P/c1-18-11(16)10(21-22(17,19-2)20-3)8-4-6-9(7-5-8)12(13,14)15/h4-7,10H,1-3H3. The summed E-state index contributed by atoms with van der Waals surface area (Å²) in [5.41, 5.74) is -0.893. The van der Waals surface area contributed by atoms with E-state index in [9.17, 15) is 22.5 Å². The normalized spacial score (nSPS) is 13.7. The van der Waals surface area contributed by atoms with E-state index in [1.165, 1.54) is 0 Å². The second-order valence-corrected chi connectivity index (χ2v) is 5.78. The highest BCUT2D eigenvalue weighted by Gasteiger charge is 2.35. The van der Waals surface area contributed by atoms with Gasteiger partial charge in [0.15, 0.2) is 6.10 Å². The van der Waals surface area contributed by atoms with Gasteiger partial charge >= 0.3 is 20.0 Å². The topological polar surface area (TPSA) is 71.1 Å². The summed E-state index contributed by atoms with van der Waals surface area (Å²) in [4.78, 5) is 11.7. The maximum absolute atomic E-state index is 12.5. The maximum Gasteiger partial charge on any atom is 0.475 e. The Bertz CT molecular complexity index is 549. The molecule has 124 valence electrons. The molecular formula is C12H14F3O6P. The minimum absolute atomic E-state index is 0.00850. The van der Waals surface area contributed by atoms with Crippen molar-refractivity contribution in [1.82, 2.24) is 0 Å². The van der Waals surface area contributed by atoms with Crippen LogP contribution in [0.25, 0.3) is 0 Å². The molecule has 0 aliphatic carbocycles. The Morgan fingerprint density at radius 1 is 1.09 bits per heavy atom. The number of rotatable bonds is 6. The van der Waals surface area contributed by atoms with Gasteiger partial charge in [0.1, 0.15) is 0 Å². The molecule has 0 aliphatic heterocycles. The van der Waals surface area contributed by atoms with Gasteiger partial charge in [0.25, 0.3) is 0 Å². The molecule has 0 aliphatic rings. The maximum atomic E-state index is 12.5. The Morgan fingerprint density at radius 3 is 1.95 bits per heavy atom. The van der Waals surface area contributed by atoms with Gasteiger partial charge in [0, 0.05) is 14.2 Å². The first-order chi connectivity index (χ1) is 10.2. The van der Waals surface area contributed by atoms with Crippen LogP contribution in [0.4, 0.5) is 13.2 Å². The van der Waals surface area contributed by atoms with Crippen molar-refractivity contribution in [3.63, 3.8) is 0 Å². The molecule has 6 nitrogen and oxygen atoms in total. The molecule has 0 spiro atoms. The lowest BCUT2D eigenvalue weighted by molar-refractivity contribution is -0.150. The van der Waals surface area contributed by atoms with E-state index in [1.54, 1.807) is 0 Å². The average Bonchev–Trinajstić information content (AvgIpc) is 2.51. The molecule has 1 atom stereocenters. The van der Waals surface area contributed by atoms with E-state index in [2.05, 4.69) is 13.8 Å². The van der Waals surface area contributed by atoms with Crippen molar-refractivity contribution in [1.29, 1.82) is 0 Å². The highest BCUT2D eigenvalue weighted by molar-refractivity contribution is 7.48. The van der Waals surface area contributed by atoms with Crippen LogP contribution >= 0.6 is 7.82 Å². The van der Waals surface area contributed by atoms with Crippen LogP contribution in [0.5, 0.6) is 0 Å². The molecular weight excluding hydrogens is 328 g/mol. The van der Waals surface area contributed by atoms with Gasteiger partial charge in [0.2, 0.25) is 0 Å². The largest absolute Gasteiger partial charge is 0.475 e. The first-order valence-electron chi connectivity index (χ1n) is 5.81. The number of carbonyl (C=O) groups excluding carboxylic acids is 1. The summed E-state index contributed by atoms with van der Waals surface area (Å²) in [6, 6.07) is 3.55. The third kappa shape index (κ3) is 4.54. The number of carbonyl (C=O) groups is 1. The van der Waals surface area contributed by atoms with E-state index in [4.69, 9.17) is 4.52 Å². The van der Waals surface area contributed by atoms with Gasteiger partial charge in [-0.1, -0.05) is 12.1 Å². The zero-order chi connectivity index (χ0) is 17.0. The summed E-state index contributed by atoms with van der Waals surface area (Å²) in [5.74, 6) is -0.964. The predicted octanol–water partition coefficient (Wildman–Crippen LogP) is 3.34. The molecule has 0 saturated carbocycles. The lowest BCUT2D eigenvalue weighted by atomic mass is 10.1. The smallest absolute Gasteiger partial charge is 0.467 e. The Kier molecular flexibility index (Phi) is 6.13. The quantitative estimate of drug-likeness (QED) is 0.583. The van der Waals surface area contributed by atoms with Crippen molar-refractivity contribution in [2.45, 2.75) is 12.3 Å². The summed E-state index contributed by atoms with van der Waals surface area (Å²) < 4.78 is 68.0. The Labute approximate surface area is 124 Å². The molecule has 0 heterocycles. The monoisotopic (exact) mass is 342 g/mol. The third-order valence-electron chi connectivity index (χ3n) is 2.64. The number of methoxy groups -OCH3 is 1. The zero-order valence-electron chi connectivity index (χ0n) is 11.9. The van der Waals surface area contributed by atoms with Crippen LogP contribution in [-0.2, 0) is 33.8 Å². The van der Waals surface area contributed by atoms with Crippen molar-refractivity contribution < 1.29 is 40.8 Å². The van der Waals surface area contributed by atoms with Crippen LogP contribution in [0.15, 0.2) is 24.3 Å².